The largest absolute Gasteiger partial charge is 0.490 e. The van der Waals surface area contributed by atoms with Crippen LogP contribution < -0.4 is 10.1 Å². The summed E-state index contributed by atoms with van der Waals surface area (Å²) in [6.07, 6.45) is 0. The van der Waals surface area contributed by atoms with Crippen LogP contribution in [-0.4, -0.2) is 22.9 Å². The van der Waals surface area contributed by atoms with E-state index in [9.17, 15) is 14.9 Å². The maximum Gasteiger partial charge on any atom is 0.310 e. The number of nitrogens with one attached hydrogen (secondary N) is 1. The Hall–Kier alpha value is -2.19. The lowest BCUT2D eigenvalue weighted by Crippen LogP contribution is -2.12. The van der Waals surface area contributed by atoms with E-state index in [1.165, 1.54) is 36.6 Å². The number of anilines is 1. The summed E-state index contributed by atoms with van der Waals surface area (Å²) in [6.45, 7) is 0. The summed E-state index contributed by atoms with van der Waals surface area (Å²) in [6, 6.07) is 3.88. The minimum atomic E-state index is -0.575. The lowest BCUT2D eigenvalue weighted by Gasteiger charge is -2.05. The van der Waals surface area contributed by atoms with Gasteiger partial charge >= 0.3 is 5.69 Å². The molecule has 0 saturated heterocycles. The monoisotopic (exact) mass is 327 g/mol. The van der Waals surface area contributed by atoms with Gasteiger partial charge in [0.05, 0.1) is 23.6 Å². The fraction of sp³-hybridized carbons (Fsp3) is 0.167. The van der Waals surface area contributed by atoms with E-state index in [1.54, 1.807) is 5.38 Å². The molecule has 1 heterocycles. The van der Waals surface area contributed by atoms with E-state index in [4.69, 9.17) is 16.3 Å². The molecular weight excluding hydrogens is 318 g/mol. The summed E-state index contributed by atoms with van der Waals surface area (Å²) in [4.78, 5) is 26.4. The van der Waals surface area contributed by atoms with Crippen LogP contribution in [0.25, 0.3) is 0 Å². The third-order valence-electron chi connectivity index (χ3n) is 2.55. The molecule has 21 heavy (non-hydrogen) atoms. The number of carbonyl (C=O) groups excluding carboxylic acids is 1. The van der Waals surface area contributed by atoms with Crippen molar-refractivity contribution in [2.24, 2.45) is 0 Å². The Labute approximate surface area is 128 Å². The van der Waals surface area contributed by atoms with Crippen molar-refractivity contribution in [3.8, 4) is 5.75 Å². The van der Waals surface area contributed by atoms with Crippen LogP contribution in [0.2, 0.25) is 0 Å². The van der Waals surface area contributed by atoms with Crippen LogP contribution in [0.3, 0.4) is 0 Å². The molecule has 0 aliphatic carbocycles. The van der Waals surface area contributed by atoms with E-state index in [2.05, 4.69) is 10.3 Å². The molecule has 2 aromatic rings. The van der Waals surface area contributed by atoms with Gasteiger partial charge in [-0.3, -0.25) is 20.2 Å². The molecule has 2 rings (SSSR count). The second kappa shape index (κ2) is 6.51. The van der Waals surface area contributed by atoms with Gasteiger partial charge in [-0.25, -0.2) is 4.98 Å². The average molecular weight is 328 g/mol. The highest BCUT2D eigenvalue weighted by molar-refractivity contribution is 7.14. The Balaban J connectivity index is 2.21. The zero-order chi connectivity index (χ0) is 15.4. The Kier molecular flexibility index (Phi) is 4.71. The normalized spacial score (nSPS) is 10.2. The zero-order valence-corrected chi connectivity index (χ0v) is 12.4. The highest BCUT2D eigenvalue weighted by Gasteiger charge is 2.18. The number of methoxy groups -OCH3 is 1. The number of nitrogens with zero attached hydrogens (tertiary/aromatic N) is 2. The van der Waals surface area contributed by atoms with Gasteiger partial charge < -0.3 is 4.74 Å². The number of aromatic nitrogens is 1. The number of thiazole rings is 1. The summed E-state index contributed by atoms with van der Waals surface area (Å²) < 4.78 is 4.92. The molecule has 1 N–H and O–H groups in total. The van der Waals surface area contributed by atoms with Gasteiger partial charge in [0.15, 0.2) is 10.9 Å². The second-order valence-electron chi connectivity index (χ2n) is 3.88. The molecule has 0 aliphatic rings. The smallest absolute Gasteiger partial charge is 0.310 e. The molecule has 0 atom stereocenters. The molecule has 1 aromatic heterocycles. The van der Waals surface area contributed by atoms with E-state index < -0.39 is 10.8 Å². The molecule has 1 amide bonds. The van der Waals surface area contributed by atoms with Gasteiger partial charge in [0.2, 0.25) is 0 Å². The fourth-order valence-electron chi connectivity index (χ4n) is 1.56. The number of ether oxygens (including phenoxy) is 1. The van der Waals surface area contributed by atoms with Crippen LogP contribution >= 0.6 is 22.9 Å². The summed E-state index contributed by atoms with van der Waals surface area (Å²) >= 11 is 6.88. The SMILES string of the molecule is COc1cc(C(=O)Nc2nc(CCl)cs2)ccc1[N+](=O)[O-]. The lowest BCUT2D eigenvalue weighted by molar-refractivity contribution is -0.385. The van der Waals surface area contributed by atoms with Crippen molar-refractivity contribution in [1.29, 1.82) is 0 Å². The lowest BCUT2D eigenvalue weighted by atomic mass is 10.2. The number of halogens is 1. The molecule has 0 aliphatic heterocycles. The molecule has 0 spiro atoms. The first-order chi connectivity index (χ1) is 10.0. The summed E-state index contributed by atoms with van der Waals surface area (Å²) in [5.41, 5.74) is 0.700. The Morgan fingerprint density at radius 3 is 2.90 bits per heavy atom. The van der Waals surface area contributed by atoms with E-state index in [-0.39, 0.29) is 22.9 Å². The first-order valence-corrected chi connectivity index (χ1v) is 7.10. The topological polar surface area (TPSA) is 94.4 Å². The first kappa shape index (κ1) is 15.2. The zero-order valence-electron chi connectivity index (χ0n) is 10.8. The minimum absolute atomic E-state index is 0.0215. The van der Waals surface area contributed by atoms with Gasteiger partial charge in [-0.1, -0.05) is 0 Å². The van der Waals surface area contributed by atoms with Gasteiger partial charge in [0.1, 0.15) is 0 Å². The molecule has 0 unspecified atom stereocenters. The number of nitro groups is 1. The Morgan fingerprint density at radius 2 is 2.33 bits per heavy atom. The van der Waals surface area contributed by atoms with Crippen molar-refractivity contribution in [3.63, 3.8) is 0 Å². The number of rotatable bonds is 5. The van der Waals surface area contributed by atoms with Crippen LogP contribution in [0.15, 0.2) is 23.6 Å². The van der Waals surface area contributed by atoms with Crippen molar-refractivity contribution in [3.05, 3.63) is 45.0 Å². The van der Waals surface area contributed by atoms with Crippen molar-refractivity contribution >= 4 is 39.7 Å². The molecule has 0 fully saturated rings. The van der Waals surface area contributed by atoms with Crippen LogP contribution in [-0.2, 0) is 5.88 Å². The quantitative estimate of drug-likeness (QED) is 0.517. The molecule has 1 aromatic carbocycles. The van der Waals surface area contributed by atoms with E-state index in [0.717, 1.165) is 0 Å². The number of amides is 1. The number of nitro benzene ring substituents is 1. The minimum Gasteiger partial charge on any atom is -0.490 e. The standard InChI is InChI=1S/C12H10ClN3O4S/c1-20-10-4-7(2-3-9(10)16(18)19)11(17)15-12-14-8(5-13)6-21-12/h2-4,6H,5H2,1H3,(H,14,15,17). The number of hydrogen-bond acceptors (Lipinski definition) is 6. The maximum absolute atomic E-state index is 12.1. The fourth-order valence-corrected chi connectivity index (χ4v) is 2.50. The molecule has 0 saturated carbocycles. The third-order valence-corrected chi connectivity index (χ3v) is 3.63. The highest BCUT2D eigenvalue weighted by atomic mass is 35.5. The van der Waals surface area contributed by atoms with E-state index >= 15 is 0 Å². The van der Waals surface area contributed by atoms with Gasteiger partial charge in [0.25, 0.3) is 5.91 Å². The molecule has 0 bridgehead atoms. The molecular formula is C12H10ClN3O4S. The van der Waals surface area contributed by atoms with E-state index in [0.29, 0.717) is 10.8 Å². The predicted molar refractivity (Wildman–Crippen MR) is 79.3 cm³/mol. The van der Waals surface area contributed by atoms with Crippen molar-refractivity contribution in [1.82, 2.24) is 4.98 Å². The van der Waals surface area contributed by atoms with Crippen LogP contribution in [0.5, 0.6) is 5.75 Å². The molecule has 7 nitrogen and oxygen atoms in total. The van der Waals surface area contributed by atoms with E-state index in [1.807, 2.05) is 0 Å². The van der Waals surface area contributed by atoms with Gasteiger partial charge in [-0.05, 0) is 6.07 Å². The number of alkyl halides is 1. The third kappa shape index (κ3) is 3.47. The second-order valence-corrected chi connectivity index (χ2v) is 5.00. The van der Waals surface area contributed by atoms with Crippen LogP contribution in [0, 0.1) is 10.1 Å². The number of benzene rings is 1. The van der Waals surface area contributed by atoms with Crippen molar-refractivity contribution < 1.29 is 14.5 Å². The maximum atomic E-state index is 12.1. The Bertz CT molecular complexity index is 689. The molecule has 0 radical (unpaired) electrons. The summed E-state index contributed by atoms with van der Waals surface area (Å²) in [7, 11) is 1.30. The van der Waals surface area contributed by atoms with Crippen LogP contribution in [0.1, 0.15) is 16.1 Å². The average Bonchev–Trinajstić information content (AvgIpc) is 2.93. The predicted octanol–water partition coefficient (Wildman–Crippen LogP) is 3.05. The molecule has 9 heteroatoms. The molecule has 110 valence electrons. The van der Waals surface area contributed by atoms with Crippen molar-refractivity contribution in [2.45, 2.75) is 5.88 Å². The Morgan fingerprint density at radius 1 is 1.57 bits per heavy atom. The van der Waals surface area contributed by atoms with Crippen LogP contribution in [0.4, 0.5) is 10.8 Å². The van der Waals surface area contributed by atoms with Gasteiger partial charge in [-0.15, -0.1) is 22.9 Å². The number of carbonyl (C=O) groups is 1. The summed E-state index contributed by atoms with van der Waals surface area (Å²) in [5.74, 6) is -0.149. The first-order valence-electron chi connectivity index (χ1n) is 5.69. The van der Waals surface area contributed by atoms with Gasteiger partial charge in [0, 0.05) is 23.1 Å². The highest BCUT2D eigenvalue weighted by Crippen LogP contribution is 2.28. The van der Waals surface area contributed by atoms with Crippen molar-refractivity contribution in [2.75, 3.05) is 12.4 Å². The van der Waals surface area contributed by atoms with Gasteiger partial charge in [-0.2, -0.15) is 0 Å². The number of hydrogen-bond donors (Lipinski definition) is 1. The summed E-state index contributed by atoms with van der Waals surface area (Å²) in [5, 5.41) is 15.5.